The van der Waals surface area contributed by atoms with Crippen molar-refractivity contribution in [1.82, 2.24) is 9.55 Å². The second-order valence-electron chi connectivity index (χ2n) is 7.72. The largest absolute Gasteiger partial charge is 0.326 e. The highest BCUT2D eigenvalue weighted by molar-refractivity contribution is 6.03. The van der Waals surface area contributed by atoms with E-state index in [1.54, 1.807) is 4.57 Å². The molecule has 4 rings (SSSR count). The zero-order valence-corrected chi connectivity index (χ0v) is 17.1. The number of hydrogen-bond acceptors (Lipinski definition) is 5. The van der Waals surface area contributed by atoms with E-state index in [1.165, 1.54) is 11.6 Å². The zero-order valence-electron chi connectivity index (χ0n) is 17.1. The van der Waals surface area contributed by atoms with Gasteiger partial charge in [0, 0.05) is 17.4 Å². The third kappa shape index (κ3) is 3.92. The fourth-order valence-corrected chi connectivity index (χ4v) is 3.45. The lowest BCUT2D eigenvalue weighted by Gasteiger charge is -2.27. The number of aromatic nitrogens is 2. The highest BCUT2D eigenvalue weighted by Crippen LogP contribution is 2.27. The van der Waals surface area contributed by atoms with Gasteiger partial charge in [-0.05, 0) is 48.6 Å². The molecule has 1 aliphatic rings. The van der Waals surface area contributed by atoms with Crippen LogP contribution in [0.1, 0.15) is 48.3 Å². The van der Waals surface area contributed by atoms with Crippen molar-refractivity contribution in [3.63, 3.8) is 0 Å². The van der Waals surface area contributed by atoms with E-state index in [-0.39, 0.29) is 5.56 Å². The minimum Gasteiger partial charge on any atom is -0.326 e. The summed E-state index contributed by atoms with van der Waals surface area (Å²) in [6, 6.07) is 17.9. The average Bonchev–Trinajstić information content (AvgIpc) is 2.67. The van der Waals surface area contributed by atoms with E-state index in [0.29, 0.717) is 23.5 Å². The van der Waals surface area contributed by atoms with Crippen LogP contribution in [0.15, 0.2) is 64.4 Å². The van der Waals surface area contributed by atoms with Crippen LogP contribution < -0.4 is 16.2 Å². The first kappa shape index (κ1) is 18.9. The number of aliphatic imine (C=N–C) groups is 1. The molecule has 1 aliphatic heterocycles. The molecule has 0 spiro atoms. The Morgan fingerprint density at radius 2 is 1.83 bits per heavy atom. The van der Waals surface area contributed by atoms with Crippen molar-refractivity contribution in [2.24, 2.45) is 4.99 Å². The summed E-state index contributed by atoms with van der Waals surface area (Å²) in [6.07, 6.45) is -0.486. The highest BCUT2D eigenvalue weighted by atomic mass is 16.1. The predicted molar refractivity (Wildman–Crippen MR) is 118 cm³/mol. The van der Waals surface area contributed by atoms with Crippen molar-refractivity contribution in [1.29, 1.82) is 0 Å². The van der Waals surface area contributed by atoms with E-state index in [4.69, 9.17) is 4.99 Å². The molecule has 3 aromatic rings. The number of benzene rings is 2. The van der Waals surface area contributed by atoms with Crippen molar-refractivity contribution >= 4 is 17.6 Å². The minimum absolute atomic E-state index is 0.128. The van der Waals surface area contributed by atoms with E-state index in [1.807, 2.05) is 50.2 Å². The average molecular weight is 387 g/mol. The lowest BCUT2D eigenvalue weighted by atomic mass is 10.0. The first-order valence-corrected chi connectivity index (χ1v) is 9.79. The third-order valence-electron chi connectivity index (χ3n) is 4.99. The molecule has 0 saturated carbocycles. The van der Waals surface area contributed by atoms with Crippen LogP contribution >= 0.6 is 0 Å². The summed E-state index contributed by atoms with van der Waals surface area (Å²) in [5.74, 6) is 1.49. The van der Waals surface area contributed by atoms with Gasteiger partial charge in [-0.15, -0.1) is 0 Å². The predicted octanol–water partition coefficient (Wildman–Crippen LogP) is 4.42. The Bertz CT molecular complexity index is 1130. The van der Waals surface area contributed by atoms with E-state index >= 15 is 0 Å². The smallest absolute Gasteiger partial charge is 0.257 e. The number of aryl methyl sites for hydroxylation is 2. The Morgan fingerprint density at radius 3 is 2.52 bits per heavy atom. The topological polar surface area (TPSA) is 71.3 Å². The molecule has 2 heterocycles. The summed E-state index contributed by atoms with van der Waals surface area (Å²) in [5, 5.41) is 6.48. The number of fused-ring (bicyclic) bond motifs is 1. The SMILES string of the molecule is Cc1cccc(NC2=N[C@H](c3ccc(C(C)C)cc3)n3c(nc(C)cc3=O)N2)c1. The van der Waals surface area contributed by atoms with Crippen LogP contribution in [0.5, 0.6) is 0 Å². The van der Waals surface area contributed by atoms with Crippen molar-refractivity contribution in [2.75, 3.05) is 10.6 Å². The Labute approximate surface area is 170 Å². The molecule has 0 saturated heterocycles. The summed E-state index contributed by atoms with van der Waals surface area (Å²) < 4.78 is 1.60. The number of anilines is 2. The summed E-state index contributed by atoms with van der Waals surface area (Å²) in [4.78, 5) is 22.1. The third-order valence-corrected chi connectivity index (χ3v) is 4.99. The molecular weight excluding hydrogens is 362 g/mol. The molecule has 2 N–H and O–H groups in total. The van der Waals surface area contributed by atoms with Gasteiger partial charge in [-0.3, -0.25) is 14.7 Å². The molecule has 0 bridgehead atoms. The molecule has 148 valence electrons. The molecule has 2 aromatic carbocycles. The van der Waals surface area contributed by atoms with E-state index in [0.717, 1.165) is 16.8 Å². The number of hydrogen-bond donors (Lipinski definition) is 2. The van der Waals surface area contributed by atoms with Gasteiger partial charge >= 0.3 is 0 Å². The van der Waals surface area contributed by atoms with Crippen molar-refractivity contribution in [3.8, 4) is 0 Å². The molecule has 1 aromatic heterocycles. The zero-order chi connectivity index (χ0) is 20.5. The Hall–Kier alpha value is -3.41. The number of rotatable bonds is 3. The summed E-state index contributed by atoms with van der Waals surface area (Å²) in [7, 11) is 0. The monoisotopic (exact) mass is 387 g/mol. The molecule has 0 radical (unpaired) electrons. The highest BCUT2D eigenvalue weighted by Gasteiger charge is 2.25. The molecule has 6 nitrogen and oxygen atoms in total. The Kier molecular flexibility index (Phi) is 4.92. The molecule has 6 heteroatoms. The molecular formula is C23H25N5O. The molecule has 0 amide bonds. The lowest BCUT2D eigenvalue weighted by molar-refractivity contribution is 0.577. The van der Waals surface area contributed by atoms with Crippen LogP contribution in [-0.2, 0) is 0 Å². The Balaban J connectivity index is 1.77. The van der Waals surface area contributed by atoms with Gasteiger partial charge < -0.3 is 5.32 Å². The minimum atomic E-state index is -0.486. The maximum absolute atomic E-state index is 12.7. The van der Waals surface area contributed by atoms with Gasteiger partial charge in [-0.25, -0.2) is 9.98 Å². The molecule has 0 unspecified atom stereocenters. The van der Waals surface area contributed by atoms with Gasteiger partial charge in [-0.2, -0.15) is 0 Å². The van der Waals surface area contributed by atoms with E-state index in [9.17, 15) is 4.79 Å². The quantitative estimate of drug-likeness (QED) is 0.698. The molecule has 29 heavy (non-hydrogen) atoms. The summed E-state index contributed by atoms with van der Waals surface area (Å²) in [6.45, 7) is 8.18. The maximum atomic E-state index is 12.7. The first-order chi connectivity index (χ1) is 13.9. The van der Waals surface area contributed by atoms with Gasteiger partial charge in [0.1, 0.15) is 0 Å². The number of guanidine groups is 1. The van der Waals surface area contributed by atoms with Crippen LogP contribution in [-0.4, -0.2) is 15.5 Å². The Morgan fingerprint density at radius 1 is 1.07 bits per heavy atom. The van der Waals surface area contributed by atoms with Gasteiger partial charge in [0.15, 0.2) is 6.17 Å². The van der Waals surface area contributed by atoms with Crippen LogP contribution in [0.2, 0.25) is 0 Å². The van der Waals surface area contributed by atoms with Crippen LogP contribution in [0.4, 0.5) is 11.6 Å². The van der Waals surface area contributed by atoms with E-state index < -0.39 is 6.17 Å². The van der Waals surface area contributed by atoms with Gasteiger partial charge in [0.05, 0.1) is 0 Å². The van der Waals surface area contributed by atoms with Crippen molar-refractivity contribution in [3.05, 3.63) is 87.3 Å². The fourth-order valence-electron chi connectivity index (χ4n) is 3.45. The van der Waals surface area contributed by atoms with E-state index in [2.05, 4.69) is 41.6 Å². The second kappa shape index (κ2) is 7.54. The normalized spacial score (nSPS) is 15.5. The van der Waals surface area contributed by atoms with Crippen molar-refractivity contribution < 1.29 is 0 Å². The molecule has 0 aliphatic carbocycles. The van der Waals surface area contributed by atoms with Crippen molar-refractivity contribution in [2.45, 2.75) is 39.8 Å². The summed E-state index contributed by atoms with van der Waals surface area (Å²) >= 11 is 0. The fraction of sp³-hybridized carbons (Fsp3) is 0.261. The van der Waals surface area contributed by atoms with Crippen LogP contribution in [0, 0.1) is 13.8 Å². The second-order valence-corrected chi connectivity index (χ2v) is 7.72. The van der Waals surface area contributed by atoms with Gasteiger partial charge in [-0.1, -0.05) is 50.2 Å². The van der Waals surface area contributed by atoms with Gasteiger partial charge in [0.25, 0.3) is 5.56 Å². The number of nitrogens with one attached hydrogen (secondary N) is 2. The first-order valence-electron chi connectivity index (χ1n) is 9.79. The standard InChI is InChI=1S/C23H25N5O/c1-14(2)17-8-10-18(11-9-17)21-26-22(25-19-7-5-6-15(3)12-19)27-23-24-16(4)13-20(29)28(21)23/h5-14,21H,1-4H3,(H2,24,25,26,27)/t21-/m0/s1. The summed E-state index contributed by atoms with van der Waals surface area (Å²) in [5.41, 5.74) is 4.80. The molecule has 0 fully saturated rings. The molecule has 1 atom stereocenters. The lowest BCUT2D eigenvalue weighted by Crippen LogP contribution is -2.37. The number of nitrogens with zero attached hydrogens (tertiary/aromatic N) is 3. The maximum Gasteiger partial charge on any atom is 0.257 e. The van der Waals surface area contributed by atoms with Gasteiger partial charge in [0.2, 0.25) is 11.9 Å². The van der Waals surface area contributed by atoms with Crippen LogP contribution in [0.25, 0.3) is 0 Å². The van der Waals surface area contributed by atoms with Crippen LogP contribution in [0.3, 0.4) is 0 Å².